The van der Waals surface area contributed by atoms with Crippen LogP contribution < -0.4 is 16.2 Å². The summed E-state index contributed by atoms with van der Waals surface area (Å²) in [5.74, 6) is 0.123. The molecule has 8 heteroatoms. The van der Waals surface area contributed by atoms with Crippen LogP contribution in [0.5, 0.6) is 0 Å². The first-order valence-corrected chi connectivity index (χ1v) is 10.0. The zero-order valence-electron chi connectivity index (χ0n) is 16.1. The summed E-state index contributed by atoms with van der Waals surface area (Å²) in [6, 6.07) is 11.5. The number of anilines is 2. The lowest BCUT2D eigenvalue weighted by Gasteiger charge is -2.22. The van der Waals surface area contributed by atoms with Crippen molar-refractivity contribution in [3.63, 3.8) is 0 Å². The van der Waals surface area contributed by atoms with E-state index in [1.807, 2.05) is 24.8 Å². The minimum atomic E-state index is -0.277. The summed E-state index contributed by atoms with van der Waals surface area (Å²) in [6.07, 6.45) is 1.63. The molecule has 0 radical (unpaired) electrons. The minimum absolute atomic E-state index is 0.144. The maximum atomic E-state index is 13.2. The van der Waals surface area contributed by atoms with Crippen molar-refractivity contribution < 1.29 is 4.39 Å². The van der Waals surface area contributed by atoms with Crippen LogP contribution in [-0.4, -0.2) is 20.9 Å². The fourth-order valence-corrected chi connectivity index (χ4v) is 4.38. The van der Waals surface area contributed by atoms with E-state index in [0.717, 1.165) is 21.8 Å². The second kappa shape index (κ2) is 7.63. The summed E-state index contributed by atoms with van der Waals surface area (Å²) in [5, 5.41) is 0. The van der Waals surface area contributed by atoms with Gasteiger partial charge in [0.2, 0.25) is 0 Å². The second-order valence-electron chi connectivity index (χ2n) is 6.67. The van der Waals surface area contributed by atoms with Gasteiger partial charge < -0.3 is 10.6 Å². The molecule has 2 N–H and O–H groups in total. The highest BCUT2D eigenvalue weighted by atomic mass is 32.1. The SMILES string of the molecule is CCN(Cc1cc(=O)n2c(-c3ccnc(N)c3)c(C)sc2n1)c1ccc(F)cc1. The number of hydrogen-bond acceptors (Lipinski definition) is 6. The number of nitrogens with two attached hydrogens (primary N) is 1. The van der Waals surface area contributed by atoms with Gasteiger partial charge in [-0.1, -0.05) is 0 Å². The largest absolute Gasteiger partial charge is 0.384 e. The van der Waals surface area contributed by atoms with Crippen molar-refractivity contribution in [2.75, 3.05) is 17.2 Å². The van der Waals surface area contributed by atoms with Crippen LogP contribution in [0.15, 0.2) is 53.5 Å². The Hall–Kier alpha value is -3.26. The normalized spacial score (nSPS) is 11.1. The summed E-state index contributed by atoms with van der Waals surface area (Å²) in [5.41, 5.74) is 8.84. The fourth-order valence-electron chi connectivity index (χ4n) is 3.37. The average Bonchev–Trinajstić information content (AvgIpc) is 3.03. The summed E-state index contributed by atoms with van der Waals surface area (Å²) in [6.45, 7) is 5.14. The molecule has 4 aromatic rings. The Morgan fingerprint density at radius 3 is 2.66 bits per heavy atom. The fraction of sp³-hybridized carbons (Fsp3) is 0.190. The number of thiazole rings is 1. The number of benzene rings is 1. The number of hydrogen-bond donors (Lipinski definition) is 1. The Labute approximate surface area is 171 Å². The molecule has 0 atom stereocenters. The van der Waals surface area contributed by atoms with Crippen molar-refractivity contribution in [3.8, 4) is 11.3 Å². The molecule has 3 aromatic heterocycles. The van der Waals surface area contributed by atoms with Gasteiger partial charge in [0.1, 0.15) is 11.6 Å². The molecule has 0 amide bonds. The van der Waals surface area contributed by atoms with E-state index in [2.05, 4.69) is 4.98 Å². The van der Waals surface area contributed by atoms with Gasteiger partial charge in [-0.3, -0.25) is 9.20 Å². The lowest BCUT2D eigenvalue weighted by Crippen LogP contribution is -2.24. The Morgan fingerprint density at radius 1 is 1.21 bits per heavy atom. The van der Waals surface area contributed by atoms with Gasteiger partial charge in [-0.05, 0) is 50.2 Å². The molecule has 0 aliphatic carbocycles. The van der Waals surface area contributed by atoms with Gasteiger partial charge in [0.15, 0.2) is 4.96 Å². The van der Waals surface area contributed by atoms with Gasteiger partial charge in [-0.15, -0.1) is 11.3 Å². The van der Waals surface area contributed by atoms with Crippen LogP contribution in [0.3, 0.4) is 0 Å². The molecule has 0 aliphatic heterocycles. The highest BCUT2D eigenvalue weighted by Crippen LogP contribution is 2.30. The molecular weight excluding hydrogens is 389 g/mol. The molecule has 29 heavy (non-hydrogen) atoms. The van der Waals surface area contributed by atoms with Crippen molar-refractivity contribution in [2.45, 2.75) is 20.4 Å². The molecule has 3 heterocycles. The second-order valence-corrected chi connectivity index (χ2v) is 7.85. The quantitative estimate of drug-likeness (QED) is 0.541. The molecule has 148 valence electrons. The first-order chi connectivity index (χ1) is 14.0. The van der Waals surface area contributed by atoms with E-state index in [-0.39, 0.29) is 11.4 Å². The first kappa shape index (κ1) is 19.1. The van der Waals surface area contributed by atoms with E-state index in [9.17, 15) is 9.18 Å². The summed E-state index contributed by atoms with van der Waals surface area (Å²) < 4.78 is 14.8. The number of nitrogens with zero attached hydrogens (tertiary/aromatic N) is 4. The summed E-state index contributed by atoms with van der Waals surface area (Å²) in [7, 11) is 0. The average molecular weight is 409 g/mol. The molecule has 0 bridgehead atoms. The van der Waals surface area contributed by atoms with E-state index in [0.29, 0.717) is 29.6 Å². The topological polar surface area (TPSA) is 76.5 Å². The zero-order chi connectivity index (χ0) is 20.5. The van der Waals surface area contributed by atoms with Gasteiger partial charge in [0.25, 0.3) is 5.56 Å². The van der Waals surface area contributed by atoms with Gasteiger partial charge in [-0.2, -0.15) is 0 Å². The van der Waals surface area contributed by atoms with Crippen LogP contribution in [0.1, 0.15) is 17.5 Å². The lowest BCUT2D eigenvalue weighted by atomic mass is 10.1. The number of nitrogen functional groups attached to an aromatic ring is 1. The number of pyridine rings is 1. The maximum Gasteiger partial charge on any atom is 0.259 e. The number of aromatic nitrogens is 3. The van der Waals surface area contributed by atoms with Crippen molar-refractivity contribution in [3.05, 3.63) is 75.4 Å². The van der Waals surface area contributed by atoms with Gasteiger partial charge in [0.05, 0.1) is 17.9 Å². The smallest absolute Gasteiger partial charge is 0.259 e. The van der Waals surface area contributed by atoms with Gasteiger partial charge >= 0.3 is 0 Å². The Balaban J connectivity index is 1.75. The summed E-state index contributed by atoms with van der Waals surface area (Å²) in [4.78, 5) is 25.3. The zero-order valence-corrected chi connectivity index (χ0v) is 16.9. The first-order valence-electron chi connectivity index (χ1n) is 9.20. The van der Waals surface area contributed by atoms with Crippen molar-refractivity contribution in [1.29, 1.82) is 0 Å². The maximum absolute atomic E-state index is 13.2. The molecule has 0 aliphatic rings. The molecule has 1 aromatic carbocycles. The van der Waals surface area contributed by atoms with Crippen LogP contribution >= 0.6 is 11.3 Å². The van der Waals surface area contributed by atoms with Crippen molar-refractivity contribution in [1.82, 2.24) is 14.4 Å². The van der Waals surface area contributed by atoms with Crippen LogP contribution in [0.4, 0.5) is 15.9 Å². The van der Waals surface area contributed by atoms with Crippen LogP contribution in [-0.2, 0) is 6.54 Å². The van der Waals surface area contributed by atoms with E-state index in [4.69, 9.17) is 10.7 Å². The standard InChI is InChI=1S/C21H20FN5OS/c1-3-26(17-6-4-15(22)5-7-17)12-16-11-19(28)27-20(13(2)29-21(27)25-16)14-8-9-24-18(23)10-14/h4-11H,3,12H2,1-2H3,(H2,23,24). The molecule has 0 fully saturated rings. The number of aryl methyl sites for hydroxylation is 1. The van der Waals surface area contributed by atoms with Crippen molar-refractivity contribution >= 4 is 27.8 Å². The van der Waals surface area contributed by atoms with E-state index >= 15 is 0 Å². The molecule has 6 nitrogen and oxygen atoms in total. The molecule has 0 saturated heterocycles. The van der Waals surface area contributed by atoms with Crippen LogP contribution in [0, 0.1) is 12.7 Å². The van der Waals surface area contributed by atoms with Crippen LogP contribution in [0.2, 0.25) is 0 Å². The van der Waals surface area contributed by atoms with Crippen LogP contribution in [0.25, 0.3) is 16.2 Å². The lowest BCUT2D eigenvalue weighted by molar-refractivity contribution is 0.627. The minimum Gasteiger partial charge on any atom is -0.384 e. The Morgan fingerprint density at radius 2 is 1.97 bits per heavy atom. The molecule has 4 rings (SSSR count). The van der Waals surface area contributed by atoms with Gasteiger partial charge in [0, 0.05) is 34.9 Å². The molecular formula is C21H20FN5OS. The Kier molecular flexibility index (Phi) is 5.02. The predicted molar refractivity (Wildman–Crippen MR) is 115 cm³/mol. The predicted octanol–water partition coefficient (Wildman–Crippen LogP) is 3.87. The molecule has 0 saturated carbocycles. The number of fused-ring (bicyclic) bond motifs is 1. The third-order valence-electron chi connectivity index (χ3n) is 4.72. The highest BCUT2D eigenvalue weighted by Gasteiger charge is 2.16. The van der Waals surface area contributed by atoms with E-state index < -0.39 is 0 Å². The molecule has 0 spiro atoms. The number of halogens is 1. The van der Waals surface area contributed by atoms with E-state index in [1.165, 1.54) is 23.5 Å². The number of rotatable bonds is 5. The molecule has 0 unspecified atom stereocenters. The summed E-state index contributed by atoms with van der Waals surface area (Å²) >= 11 is 1.46. The third kappa shape index (κ3) is 3.71. The third-order valence-corrected chi connectivity index (χ3v) is 5.68. The monoisotopic (exact) mass is 409 g/mol. The van der Waals surface area contributed by atoms with Gasteiger partial charge in [-0.25, -0.2) is 14.4 Å². The highest BCUT2D eigenvalue weighted by molar-refractivity contribution is 7.17. The van der Waals surface area contributed by atoms with Crippen molar-refractivity contribution in [2.24, 2.45) is 0 Å². The Bertz CT molecular complexity index is 1230. The van der Waals surface area contributed by atoms with E-state index in [1.54, 1.807) is 34.9 Å².